The SMILES string of the molecule is Cc1cnc2c3c1[se]c(CC(C)(C)C)c3n1c3ccccc3c3c4ccccc4n2c31. The average molecular weight is 468 g/mol. The van der Waals surface area contributed by atoms with Crippen LogP contribution in [0.4, 0.5) is 0 Å². The predicted octanol–water partition coefficient (Wildman–Crippen LogP) is 6.59. The Labute approximate surface area is 186 Å². The summed E-state index contributed by atoms with van der Waals surface area (Å²) in [6.45, 7) is 9.30. The number of fused-ring (bicyclic) bond motifs is 8. The molecule has 0 atom stereocenters. The minimum atomic E-state index is 0.250. The molecule has 0 aliphatic rings. The van der Waals surface area contributed by atoms with Crippen molar-refractivity contribution in [2.45, 2.75) is 34.1 Å². The van der Waals surface area contributed by atoms with Crippen LogP contribution in [0.25, 0.3) is 53.6 Å². The monoisotopic (exact) mass is 469 g/mol. The van der Waals surface area contributed by atoms with Crippen molar-refractivity contribution in [2.24, 2.45) is 5.41 Å². The van der Waals surface area contributed by atoms with E-state index in [1.807, 2.05) is 0 Å². The van der Waals surface area contributed by atoms with Crippen LogP contribution in [-0.2, 0) is 6.42 Å². The predicted molar refractivity (Wildman–Crippen MR) is 132 cm³/mol. The van der Waals surface area contributed by atoms with E-state index in [-0.39, 0.29) is 5.41 Å². The van der Waals surface area contributed by atoms with Gasteiger partial charge in [-0.3, -0.25) is 0 Å². The second-order valence-corrected chi connectivity index (χ2v) is 12.3. The maximum absolute atomic E-state index is 5.04. The molecule has 0 N–H and O–H groups in total. The van der Waals surface area contributed by atoms with Gasteiger partial charge in [0.1, 0.15) is 0 Å². The average Bonchev–Trinajstić information content (AvgIpc) is 3.37. The molecule has 7 rings (SSSR count). The fourth-order valence-corrected chi connectivity index (χ4v) is 8.62. The first kappa shape index (κ1) is 17.8. The molecule has 7 aromatic rings. The molecule has 0 saturated carbocycles. The summed E-state index contributed by atoms with van der Waals surface area (Å²) in [6.07, 6.45) is 3.20. The van der Waals surface area contributed by atoms with Gasteiger partial charge in [-0.2, -0.15) is 0 Å². The molecule has 2 aromatic carbocycles. The molecule has 0 aliphatic heterocycles. The van der Waals surface area contributed by atoms with Gasteiger partial charge in [0.05, 0.1) is 0 Å². The Bertz CT molecular complexity index is 1800. The number of pyridine rings is 1. The summed E-state index contributed by atoms with van der Waals surface area (Å²) in [7, 11) is 0. The van der Waals surface area contributed by atoms with Crippen molar-refractivity contribution < 1.29 is 0 Å². The van der Waals surface area contributed by atoms with Gasteiger partial charge in [0.15, 0.2) is 0 Å². The van der Waals surface area contributed by atoms with Crippen LogP contribution in [0.3, 0.4) is 0 Å². The Morgan fingerprint density at radius 1 is 0.871 bits per heavy atom. The Morgan fingerprint density at radius 2 is 1.52 bits per heavy atom. The Balaban J connectivity index is 1.90. The van der Waals surface area contributed by atoms with Gasteiger partial charge in [0.2, 0.25) is 0 Å². The molecule has 4 heteroatoms. The summed E-state index contributed by atoms with van der Waals surface area (Å²) in [4.78, 5) is 5.04. The standard InChI is InChI=1S/C27H23N3Se/c1-15-14-28-25-22-23(20(31-24(15)22)13-27(2,3)4)29-18-11-7-5-9-16(18)21-17-10-6-8-12-19(17)30(25)26(21)29/h5-12,14H,13H2,1-4H3. The maximum atomic E-state index is 5.04. The number of para-hydroxylation sites is 2. The van der Waals surface area contributed by atoms with Crippen molar-refractivity contribution in [1.29, 1.82) is 0 Å². The van der Waals surface area contributed by atoms with Gasteiger partial charge < -0.3 is 0 Å². The van der Waals surface area contributed by atoms with Crippen LogP contribution in [0.2, 0.25) is 0 Å². The van der Waals surface area contributed by atoms with Crippen LogP contribution in [0, 0.1) is 12.3 Å². The fourth-order valence-electron chi connectivity index (χ4n) is 5.38. The van der Waals surface area contributed by atoms with E-state index in [2.05, 4.69) is 91.2 Å². The number of aromatic nitrogens is 3. The molecule has 0 aliphatic carbocycles. The molecule has 0 fully saturated rings. The second-order valence-electron chi connectivity index (χ2n) is 9.98. The Morgan fingerprint density at radius 3 is 2.19 bits per heavy atom. The summed E-state index contributed by atoms with van der Waals surface area (Å²) in [5.74, 6) is 0. The number of hydrogen-bond donors (Lipinski definition) is 0. The summed E-state index contributed by atoms with van der Waals surface area (Å²) >= 11 is 0.331. The minimum absolute atomic E-state index is 0.250. The molecule has 0 radical (unpaired) electrons. The zero-order valence-corrected chi connectivity index (χ0v) is 19.9. The van der Waals surface area contributed by atoms with Crippen molar-refractivity contribution in [1.82, 2.24) is 13.8 Å². The van der Waals surface area contributed by atoms with Gasteiger partial charge in [-0.25, -0.2) is 0 Å². The molecule has 31 heavy (non-hydrogen) atoms. The van der Waals surface area contributed by atoms with Crippen LogP contribution >= 0.6 is 0 Å². The van der Waals surface area contributed by atoms with E-state index >= 15 is 0 Å². The normalized spacial score (nSPS) is 13.3. The van der Waals surface area contributed by atoms with Crippen molar-refractivity contribution in [2.75, 3.05) is 0 Å². The number of benzene rings is 2. The molecule has 5 heterocycles. The topological polar surface area (TPSA) is 21.7 Å². The van der Waals surface area contributed by atoms with E-state index in [9.17, 15) is 0 Å². The van der Waals surface area contributed by atoms with Gasteiger partial charge in [-0.05, 0) is 0 Å². The Hall–Kier alpha value is -2.81. The molecule has 0 amide bonds. The first-order chi connectivity index (χ1) is 14.9. The van der Waals surface area contributed by atoms with Crippen LogP contribution in [0.1, 0.15) is 30.8 Å². The fraction of sp³-hybridized carbons (Fsp3) is 0.222. The molecule has 0 bridgehead atoms. The molecule has 5 aromatic heterocycles. The van der Waals surface area contributed by atoms with Gasteiger partial charge >= 0.3 is 186 Å². The van der Waals surface area contributed by atoms with Crippen LogP contribution in [-0.4, -0.2) is 28.3 Å². The van der Waals surface area contributed by atoms with Crippen LogP contribution < -0.4 is 0 Å². The third-order valence-corrected chi connectivity index (χ3v) is 9.28. The molecule has 152 valence electrons. The number of nitrogens with zero attached hydrogens (tertiary/aromatic N) is 3. The van der Waals surface area contributed by atoms with Crippen LogP contribution in [0.5, 0.6) is 0 Å². The van der Waals surface area contributed by atoms with Crippen molar-refractivity contribution in [3.8, 4) is 0 Å². The first-order valence-electron chi connectivity index (χ1n) is 10.9. The summed E-state index contributed by atoms with van der Waals surface area (Å²) in [6, 6.07) is 17.7. The van der Waals surface area contributed by atoms with Crippen molar-refractivity contribution >= 4 is 68.2 Å². The first-order valence-corrected chi connectivity index (χ1v) is 12.6. The third-order valence-electron chi connectivity index (χ3n) is 6.52. The quantitative estimate of drug-likeness (QED) is 0.249. The molecule has 0 spiro atoms. The molecule has 3 nitrogen and oxygen atoms in total. The summed E-state index contributed by atoms with van der Waals surface area (Å²) in [5.41, 5.74) is 7.94. The molecular formula is C27H23N3Se. The van der Waals surface area contributed by atoms with Crippen molar-refractivity contribution in [3.63, 3.8) is 0 Å². The zero-order valence-electron chi connectivity index (χ0n) is 18.2. The second kappa shape index (κ2) is 5.70. The van der Waals surface area contributed by atoms with Gasteiger partial charge in [-0.15, -0.1) is 0 Å². The van der Waals surface area contributed by atoms with Crippen LogP contribution in [0.15, 0.2) is 54.7 Å². The molecule has 0 unspecified atom stereocenters. The van der Waals surface area contributed by atoms with Gasteiger partial charge in [-0.1, -0.05) is 0 Å². The van der Waals surface area contributed by atoms with Gasteiger partial charge in [0, 0.05) is 0 Å². The number of aryl methyl sites for hydroxylation is 1. The third kappa shape index (κ3) is 2.17. The zero-order chi connectivity index (χ0) is 21.1. The summed E-state index contributed by atoms with van der Waals surface area (Å²) < 4.78 is 8.10. The van der Waals surface area contributed by atoms with E-state index in [4.69, 9.17) is 4.98 Å². The van der Waals surface area contributed by atoms with E-state index in [0.29, 0.717) is 14.5 Å². The van der Waals surface area contributed by atoms with Gasteiger partial charge in [0.25, 0.3) is 0 Å². The number of rotatable bonds is 1. The van der Waals surface area contributed by atoms with E-state index < -0.39 is 0 Å². The van der Waals surface area contributed by atoms with E-state index in [0.717, 1.165) is 12.1 Å². The Kier molecular flexibility index (Phi) is 3.28. The molecular weight excluding hydrogens is 445 g/mol. The van der Waals surface area contributed by atoms with Crippen molar-refractivity contribution in [3.05, 3.63) is 64.7 Å². The van der Waals surface area contributed by atoms with E-state index in [1.54, 1.807) is 4.44 Å². The number of hydrogen-bond acceptors (Lipinski definition) is 1. The summed E-state index contributed by atoms with van der Waals surface area (Å²) in [5, 5.41) is 5.37. The van der Waals surface area contributed by atoms with E-state index in [1.165, 1.54) is 53.6 Å². The molecule has 0 saturated heterocycles.